The first-order valence-electron chi connectivity index (χ1n) is 9.78. The topological polar surface area (TPSA) is 93.9 Å². The van der Waals surface area contributed by atoms with Crippen molar-refractivity contribution in [3.63, 3.8) is 0 Å². The number of methoxy groups -OCH3 is 1. The van der Waals surface area contributed by atoms with Crippen LogP contribution in [0.4, 0.5) is 0 Å². The van der Waals surface area contributed by atoms with Gasteiger partial charge in [0.25, 0.3) is 5.91 Å². The second-order valence-electron chi connectivity index (χ2n) is 6.78. The third kappa shape index (κ3) is 6.27. The molecule has 1 aliphatic rings. The summed E-state index contributed by atoms with van der Waals surface area (Å²) in [5.74, 6) is 0.960. The zero-order valence-electron chi connectivity index (χ0n) is 16.8. The highest BCUT2D eigenvalue weighted by atomic mass is 16.5. The maximum absolute atomic E-state index is 12.7. The summed E-state index contributed by atoms with van der Waals surface area (Å²) in [6.07, 6.45) is 7.09. The largest absolute Gasteiger partial charge is 0.493 e. The highest BCUT2D eigenvalue weighted by Crippen LogP contribution is 2.29. The van der Waals surface area contributed by atoms with Crippen molar-refractivity contribution in [2.75, 3.05) is 33.4 Å². The molecule has 7 heteroatoms. The first-order valence-corrected chi connectivity index (χ1v) is 9.78. The van der Waals surface area contributed by atoms with Gasteiger partial charge >= 0.3 is 0 Å². The second-order valence-corrected chi connectivity index (χ2v) is 6.78. The second kappa shape index (κ2) is 11.3. The summed E-state index contributed by atoms with van der Waals surface area (Å²) in [5.41, 5.74) is 6.40. The number of carbonyl (C=O) groups excluding carboxylic acids is 2. The molecule has 2 rings (SSSR count). The molecule has 1 aromatic carbocycles. The van der Waals surface area contributed by atoms with E-state index in [0.29, 0.717) is 37.6 Å². The Balaban J connectivity index is 1.95. The number of carbonyl (C=O) groups is 2. The summed E-state index contributed by atoms with van der Waals surface area (Å²) < 4.78 is 11.1. The van der Waals surface area contributed by atoms with Gasteiger partial charge in [-0.15, -0.1) is 0 Å². The molecule has 28 heavy (non-hydrogen) atoms. The third-order valence-electron chi connectivity index (χ3n) is 4.75. The molecule has 1 saturated heterocycles. The van der Waals surface area contributed by atoms with E-state index in [1.165, 1.54) is 0 Å². The Morgan fingerprint density at radius 1 is 1.32 bits per heavy atom. The van der Waals surface area contributed by atoms with E-state index < -0.39 is 0 Å². The molecule has 154 valence electrons. The van der Waals surface area contributed by atoms with Crippen molar-refractivity contribution < 1.29 is 19.1 Å². The lowest BCUT2D eigenvalue weighted by atomic mass is 10.0. The number of amides is 2. The summed E-state index contributed by atoms with van der Waals surface area (Å²) in [6, 6.07) is 5.59. The van der Waals surface area contributed by atoms with Crippen LogP contribution in [0.5, 0.6) is 11.5 Å². The van der Waals surface area contributed by atoms with E-state index in [1.807, 2.05) is 42.2 Å². The van der Waals surface area contributed by atoms with Crippen molar-refractivity contribution in [2.45, 2.75) is 38.6 Å². The smallest absolute Gasteiger partial charge is 0.260 e. The molecule has 7 nitrogen and oxygen atoms in total. The van der Waals surface area contributed by atoms with Crippen LogP contribution in [0.15, 0.2) is 24.3 Å². The SMILES string of the molecule is C/C=C/c1ccc(OCC(=O)N2CCCCC2CNC(=O)CCN)c(OC)c1. The number of likely N-dealkylation sites (tertiary alicyclic amines) is 1. The molecule has 1 unspecified atom stereocenters. The number of benzene rings is 1. The Hall–Kier alpha value is -2.54. The minimum Gasteiger partial charge on any atom is -0.493 e. The van der Waals surface area contributed by atoms with Crippen LogP contribution in [-0.4, -0.2) is 56.1 Å². The number of nitrogens with zero attached hydrogens (tertiary/aromatic N) is 1. The Bertz CT molecular complexity index is 690. The Morgan fingerprint density at radius 2 is 2.14 bits per heavy atom. The Kier molecular flexibility index (Phi) is 8.81. The van der Waals surface area contributed by atoms with Gasteiger partial charge in [0.15, 0.2) is 18.1 Å². The molecule has 1 fully saturated rings. The fourth-order valence-electron chi connectivity index (χ4n) is 3.31. The first-order chi connectivity index (χ1) is 13.6. The Labute approximate surface area is 166 Å². The van der Waals surface area contributed by atoms with Crippen LogP contribution in [0.3, 0.4) is 0 Å². The predicted molar refractivity (Wildman–Crippen MR) is 109 cm³/mol. The minimum absolute atomic E-state index is 0.00876. The van der Waals surface area contributed by atoms with Gasteiger partial charge in [-0.05, 0) is 43.9 Å². The van der Waals surface area contributed by atoms with Gasteiger partial charge in [0, 0.05) is 32.1 Å². The van der Waals surface area contributed by atoms with Crippen molar-refractivity contribution in [1.29, 1.82) is 0 Å². The molecule has 3 N–H and O–H groups in total. The quantitative estimate of drug-likeness (QED) is 0.673. The molecular weight excluding hydrogens is 358 g/mol. The summed E-state index contributed by atoms with van der Waals surface area (Å²) in [7, 11) is 1.58. The summed E-state index contributed by atoms with van der Waals surface area (Å²) in [5, 5.41) is 2.87. The molecule has 1 aromatic rings. The fraction of sp³-hybridized carbons (Fsp3) is 0.524. The van der Waals surface area contributed by atoms with E-state index in [9.17, 15) is 9.59 Å². The van der Waals surface area contributed by atoms with E-state index >= 15 is 0 Å². The lowest BCUT2D eigenvalue weighted by Crippen LogP contribution is -2.50. The van der Waals surface area contributed by atoms with Crippen molar-refractivity contribution in [3.05, 3.63) is 29.8 Å². The van der Waals surface area contributed by atoms with Gasteiger partial charge in [-0.25, -0.2) is 0 Å². The van der Waals surface area contributed by atoms with E-state index in [4.69, 9.17) is 15.2 Å². The van der Waals surface area contributed by atoms with E-state index in [0.717, 1.165) is 24.8 Å². The predicted octanol–water partition coefficient (Wildman–Crippen LogP) is 1.95. The van der Waals surface area contributed by atoms with Crippen molar-refractivity contribution in [1.82, 2.24) is 10.2 Å². The standard InChI is InChI=1S/C21H31N3O4/c1-3-6-16-8-9-18(19(13-16)27-2)28-15-21(26)24-12-5-4-7-17(24)14-23-20(25)10-11-22/h3,6,8-9,13,17H,4-5,7,10-12,14-15,22H2,1-2H3,(H,23,25)/b6-3+. The maximum atomic E-state index is 12.7. The molecule has 0 aromatic heterocycles. The van der Waals surface area contributed by atoms with E-state index in [1.54, 1.807) is 7.11 Å². The number of nitrogens with one attached hydrogen (secondary N) is 1. The number of piperidine rings is 1. The zero-order chi connectivity index (χ0) is 20.4. The van der Waals surface area contributed by atoms with Crippen LogP contribution in [0.25, 0.3) is 6.08 Å². The summed E-state index contributed by atoms with van der Waals surface area (Å²) in [6.45, 7) is 3.33. The van der Waals surface area contributed by atoms with Crippen molar-refractivity contribution in [2.24, 2.45) is 5.73 Å². The van der Waals surface area contributed by atoms with Crippen LogP contribution < -0.4 is 20.5 Å². The third-order valence-corrected chi connectivity index (χ3v) is 4.75. The molecule has 0 radical (unpaired) electrons. The minimum atomic E-state index is -0.0858. The molecule has 1 atom stereocenters. The summed E-state index contributed by atoms with van der Waals surface area (Å²) in [4.78, 5) is 26.2. The maximum Gasteiger partial charge on any atom is 0.260 e. The highest BCUT2D eigenvalue weighted by Gasteiger charge is 2.27. The number of hydrogen-bond donors (Lipinski definition) is 2. The van der Waals surface area contributed by atoms with Crippen LogP contribution in [-0.2, 0) is 9.59 Å². The number of nitrogens with two attached hydrogens (primary N) is 1. The number of ether oxygens (including phenoxy) is 2. The normalized spacial score (nSPS) is 16.8. The molecule has 0 spiro atoms. The lowest BCUT2D eigenvalue weighted by molar-refractivity contribution is -0.137. The average Bonchev–Trinajstić information content (AvgIpc) is 2.71. The first kappa shape index (κ1) is 21.8. The monoisotopic (exact) mass is 389 g/mol. The zero-order valence-corrected chi connectivity index (χ0v) is 16.8. The van der Waals surface area contributed by atoms with Gasteiger partial charge in [0.05, 0.1) is 7.11 Å². The molecule has 0 saturated carbocycles. The molecule has 0 bridgehead atoms. The average molecular weight is 389 g/mol. The van der Waals surface area contributed by atoms with Gasteiger partial charge in [0.2, 0.25) is 5.91 Å². The van der Waals surface area contributed by atoms with Gasteiger partial charge in [-0.3, -0.25) is 9.59 Å². The number of hydrogen-bond acceptors (Lipinski definition) is 5. The van der Waals surface area contributed by atoms with Crippen LogP contribution in [0.1, 0.15) is 38.2 Å². The molecule has 1 heterocycles. The molecule has 1 aliphatic heterocycles. The van der Waals surface area contributed by atoms with Gasteiger partial charge in [0.1, 0.15) is 0 Å². The highest BCUT2D eigenvalue weighted by molar-refractivity contribution is 5.79. The number of allylic oxidation sites excluding steroid dienone is 1. The summed E-state index contributed by atoms with van der Waals surface area (Å²) >= 11 is 0. The van der Waals surface area contributed by atoms with Gasteiger partial charge in [-0.1, -0.05) is 18.2 Å². The van der Waals surface area contributed by atoms with Crippen molar-refractivity contribution >= 4 is 17.9 Å². The molecular formula is C21H31N3O4. The number of rotatable bonds is 9. The molecule has 0 aliphatic carbocycles. The van der Waals surface area contributed by atoms with Gasteiger partial charge < -0.3 is 25.4 Å². The van der Waals surface area contributed by atoms with E-state index in [-0.39, 0.29) is 24.5 Å². The Morgan fingerprint density at radius 3 is 2.86 bits per heavy atom. The van der Waals surface area contributed by atoms with Crippen molar-refractivity contribution in [3.8, 4) is 11.5 Å². The van der Waals surface area contributed by atoms with Gasteiger partial charge in [-0.2, -0.15) is 0 Å². The van der Waals surface area contributed by atoms with Crippen LogP contribution in [0, 0.1) is 0 Å². The fourth-order valence-corrected chi connectivity index (χ4v) is 3.31. The lowest BCUT2D eigenvalue weighted by Gasteiger charge is -2.35. The van der Waals surface area contributed by atoms with E-state index in [2.05, 4.69) is 5.32 Å². The molecule has 2 amide bonds. The van der Waals surface area contributed by atoms with Crippen LogP contribution in [0.2, 0.25) is 0 Å². The van der Waals surface area contributed by atoms with Crippen LogP contribution >= 0.6 is 0 Å².